The molecule has 0 fully saturated rings. The molecule has 0 heterocycles. The number of nitrogens with zero attached hydrogens (tertiary/aromatic N) is 1. The zero-order chi connectivity index (χ0) is 13.1. The van der Waals surface area contributed by atoms with Gasteiger partial charge in [0.25, 0.3) is 0 Å². The van der Waals surface area contributed by atoms with Crippen molar-refractivity contribution in [2.75, 3.05) is 6.26 Å². The zero-order valence-corrected chi connectivity index (χ0v) is 10.5. The third-order valence-corrected chi connectivity index (χ3v) is 2.99. The first kappa shape index (κ1) is 13.2. The molecule has 0 atom stereocenters. The van der Waals surface area contributed by atoms with E-state index in [9.17, 15) is 8.42 Å². The van der Waals surface area contributed by atoms with Gasteiger partial charge in [-0.25, -0.2) is 13.4 Å². The molecule has 1 rings (SSSR count). The van der Waals surface area contributed by atoms with Crippen LogP contribution in [0.5, 0.6) is 0 Å². The Morgan fingerprint density at radius 3 is 2.53 bits per heavy atom. The molecule has 4 N–H and O–H groups in total. The molecule has 0 saturated heterocycles. The average Bonchev–Trinajstić information content (AvgIpc) is 2.15. The Labute approximate surface area is 101 Å². The molecule has 0 aromatic heterocycles. The molecule has 0 bridgehead atoms. The molecule has 0 saturated carbocycles. The topological polar surface area (TPSA) is 98.5 Å². The van der Waals surface area contributed by atoms with Crippen molar-refractivity contribution < 1.29 is 8.42 Å². The molecule has 1 aromatic carbocycles. The summed E-state index contributed by atoms with van der Waals surface area (Å²) in [5.74, 6) is 0.232. The first-order valence-electron chi connectivity index (χ1n) is 4.87. The quantitative estimate of drug-likeness (QED) is 0.618. The predicted molar refractivity (Wildman–Crippen MR) is 68.8 cm³/mol. The van der Waals surface area contributed by atoms with Crippen molar-refractivity contribution >= 4 is 21.4 Å². The number of aliphatic imine (C=N–C) groups is 1. The van der Waals surface area contributed by atoms with Gasteiger partial charge in [-0.05, 0) is 31.2 Å². The summed E-state index contributed by atoms with van der Waals surface area (Å²) in [6.07, 6.45) is 2.65. The maximum Gasteiger partial charge on any atom is 0.175 e. The van der Waals surface area contributed by atoms with E-state index in [1.165, 1.54) is 18.2 Å². The number of hydrogen-bond acceptors (Lipinski definition) is 4. The van der Waals surface area contributed by atoms with Crippen molar-refractivity contribution in [3.05, 3.63) is 36.0 Å². The summed E-state index contributed by atoms with van der Waals surface area (Å²) < 4.78 is 22.7. The van der Waals surface area contributed by atoms with Gasteiger partial charge in [0.05, 0.1) is 10.6 Å². The van der Waals surface area contributed by atoms with Gasteiger partial charge >= 0.3 is 0 Å². The molecule has 6 heteroatoms. The van der Waals surface area contributed by atoms with E-state index in [0.29, 0.717) is 11.4 Å². The lowest BCUT2D eigenvalue weighted by Gasteiger charge is -2.00. The average molecular weight is 253 g/mol. The largest absolute Gasteiger partial charge is 0.402 e. The van der Waals surface area contributed by atoms with Crippen LogP contribution in [0.25, 0.3) is 0 Å². The van der Waals surface area contributed by atoms with Crippen molar-refractivity contribution in [3.63, 3.8) is 0 Å². The molecule has 1 aromatic rings. The first-order chi connectivity index (χ1) is 7.79. The number of allylic oxidation sites excluding steroid dienone is 1. The number of hydrogen-bond donors (Lipinski definition) is 2. The number of amidine groups is 1. The SMILES string of the molecule is CC(N)=CC(N)=Nc1cccc(S(C)(=O)=O)c1. The van der Waals surface area contributed by atoms with Gasteiger partial charge in [0, 0.05) is 12.0 Å². The van der Waals surface area contributed by atoms with Crippen LogP contribution in [0.3, 0.4) is 0 Å². The second kappa shape index (κ2) is 5.01. The van der Waals surface area contributed by atoms with Crippen molar-refractivity contribution in [1.29, 1.82) is 0 Å². The molecular weight excluding hydrogens is 238 g/mol. The maximum absolute atomic E-state index is 11.3. The summed E-state index contributed by atoms with van der Waals surface area (Å²) in [6.45, 7) is 1.69. The van der Waals surface area contributed by atoms with E-state index in [1.807, 2.05) is 0 Å². The first-order valence-corrected chi connectivity index (χ1v) is 6.76. The van der Waals surface area contributed by atoms with Crippen LogP contribution in [0, 0.1) is 0 Å². The van der Waals surface area contributed by atoms with Crippen LogP contribution in [0.2, 0.25) is 0 Å². The fourth-order valence-corrected chi connectivity index (χ4v) is 1.86. The summed E-state index contributed by atoms with van der Waals surface area (Å²) in [4.78, 5) is 4.26. The maximum atomic E-state index is 11.3. The highest BCUT2D eigenvalue weighted by Crippen LogP contribution is 2.17. The standard InChI is InChI=1S/C11H15N3O2S/c1-8(12)6-11(13)14-9-4-3-5-10(7-9)17(2,15)16/h3-7H,12H2,1-2H3,(H2,13,14). The van der Waals surface area contributed by atoms with Gasteiger partial charge in [0.2, 0.25) is 0 Å². The van der Waals surface area contributed by atoms with Gasteiger partial charge in [-0.3, -0.25) is 0 Å². The predicted octanol–water partition coefficient (Wildman–Crippen LogP) is 0.941. The van der Waals surface area contributed by atoms with E-state index in [2.05, 4.69) is 4.99 Å². The van der Waals surface area contributed by atoms with E-state index in [1.54, 1.807) is 19.1 Å². The van der Waals surface area contributed by atoms with Crippen LogP contribution in [0.1, 0.15) is 6.92 Å². The van der Waals surface area contributed by atoms with Crippen LogP contribution in [-0.4, -0.2) is 20.5 Å². The van der Waals surface area contributed by atoms with E-state index in [0.717, 1.165) is 6.26 Å². The fourth-order valence-electron chi connectivity index (χ4n) is 1.20. The molecule has 92 valence electrons. The lowest BCUT2D eigenvalue weighted by Crippen LogP contribution is -2.09. The van der Waals surface area contributed by atoms with Crippen molar-refractivity contribution in [1.82, 2.24) is 0 Å². The number of nitrogens with two attached hydrogens (primary N) is 2. The smallest absolute Gasteiger partial charge is 0.175 e. The van der Waals surface area contributed by atoms with Crippen LogP contribution < -0.4 is 11.5 Å². The second-order valence-electron chi connectivity index (χ2n) is 3.69. The van der Waals surface area contributed by atoms with Crippen LogP contribution in [0.15, 0.2) is 45.9 Å². The summed E-state index contributed by atoms with van der Waals surface area (Å²) >= 11 is 0. The molecule has 0 aliphatic rings. The Hall–Kier alpha value is -1.82. The van der Waals surface area contributed by atoms with E-state index < -0.39 is 9.84 Å². The zero-order valence-electron chi connectivity index (χ0n) is 9.71. The Kier molecular flexibility index (Phi) is 3.90. The van der Waals surface area contributed by atoms with E-state index in [-0.39, 0.29) is 10.7 Å². The fraction of sp³-hybridized carbons (Fsp3) is 0.182. The summed E-state index contributed by atoms with van der Waals surface area (Å²) in [5, 5.41) is 0. The van der Waals surface area contributed by atoms with E-state index >= 15 is 0 Å². The molecular formula is C11H15N3O2S. The molecule has 0 amide bonds. The van der Waals surface area contributed by atoms with Gasteiger partial charge in [-0.15, -0.1) is 0 Å². The molecule has 0 aliphatic carbocycles. The van der Waals surface area contributed by atoms with Crippen LogP contribution in [0.4, 0.5) is 5.69 Å². The van der Waals surface area contributed by atoms with Crippen molar-refractivity contribution in [2.24, 2.45) is 16.5 Å². The Bertz CT molecular complexity index is 570. The minimum absolute atomic E-state index is 0.208. The van der Waals surface area contributed by atoms with Crippen molar-refractivity contribution in [3.8, 4) is 0 Å². The summed E-state index contributed by atoms with van der Waals surface area (Å²) in [6, 6.07) is 6.25. The van der Waals surface area contributed by atoms with Gasteiger partial charge in [-0.2, -0.15) is 0 Å². The Balaban J connectivity index is 3.14. The monoisotopic (exact) mass is 253 g/mol. The summed E-state index contributed by atoms with van der Waals surface area (Å²) in [7, 11) is -3.23. The lowest BCUT2D eigenvalue weighted by atomic mass is 10.3. The highest BCUT2D eigenvalue weighted by Gasteiger charge is 2.06. The van der Waals surface area contributed by atoms with Crippen LogP contribution in [-0.2, 0) is 9.84 Å². The van der Waals surface area contributed by atoms with E-state index in [4.69, 9.17) is 11.5 Å². The molecule has 17 heavy (non-hydrogen) atoms. The van der Waals surface area contributed by atoms with Gasteiger partial charge in [-0.1, -0.05) is 6.07 Å². The van der Waals surface area contributed by atoms with Gasteiger partial charge < -0.3 is 11.5 Å². The number of sulfone groups is 1. The van der Waals surface area contributed by atoms with Crippen molar-refractivity contribution in [2.45, 2.75) is 11.8 Å². The highest BCUT2D eigenvalue weighted by molar-refractivity contribution is 7.90. The molecule has 0 spiro atoms. The molecule has 0 radical (unpaired) electrons. The van der Waals surface area contributed by atoms with Crippen LogP contribution >= 0.6 is 0 Å². The Morgan fingerprint density at radius 2 is 2.00 bits per heavy atom. The molecule has 5 nitrogen and oxygen atoms in total. The second-order valence-corrected chi connectivity index (χ2v) is 5.71. The van der Waals surface area contributed by atoms with Gasteiger partial charge in [0.15, 0.2) is 9.84 Å². The number of benzene rings is 1. The molecule has 0 unspecified atom stereocenters. The Morgan fingerprint density at radius 1 is 1.35 bits per heavy atom. The minimum atomic E-state index is -3.23. The highest BCUT2D eigenvalue weighted by atomic mass is 32.2. The summed E-state index contributed by atoms with van der Waals surface area (Å²) in [5.41, 5.74) is 12.1. The minimum Gasteiger partial charge on any atom is -0.402 e. The number of rotatable bonds is 3. The third kappa shape index (κ3) is 4.28. The van der Waals surface area contributed by atoms with Gasteiger partial charge in [0.1, 0.15) is 5.84 Å². The third-order valence-electron chi connectivity index (χ3n) is 1.88. The normalized spacial score (nSPS) is 13.8. The lowest BCUT2D eigenvalue weighted by molar-refractivity contribution is 0.602. The molecule has 0 aliphatic heterocycles.